The summed E-state index contributed by atoms with van der Waals surface area (Å²) in [7, 11) is 0. The van der Waals surface area contributed by atoms with Crippen molar-refractivity contribution in [2.24, 2.45) is 0 Å². The van der Waals surface area contributed by atoms with Crippen LogP contribution < -0.4 is 0 Å². The average molecular weight is 335 g/mol. The van der Waals surface area contributed by atoms with Gasteiger partial charge in [0.1, 0.15) is 17.2 Å². The van der Waals surface area contributed by atoms with Crippen LogP contribution in [0.25, 0.3) is 5.65 Å². The zero-order chi connectivity index (χ0) is 17.8. The maximum Gasteiger partial charge on any atom is 0.274 e. The van der Waals surface area contributed by atoms with Crippen molar-refractivity contribution < 1.29 is 4.79 Å². The summed E-state index contributed by atoms with van der Waals surface area (Å²) in [6.45, 7) is 9.30. The molecule has 6 nitrogen and oxygen atoms in total. The van der Waals surface area contributed by atoms with E-state index in [1.807, 2.05) is 35.9 Å². The monoisotopic (exact) mass is 335 g/mol. The number of pyridine rings is 1. The number of rotatable bonds is 1. The van der Waals surface area contributed by atoms with E-state index >= 15 is 0 Å². The fraction of sp³-hybridized carbons (Fsp3) is 0.368. The molecule has 0 saturated carbocycles. The SMILES string of the molecule is Cc1cccn2cc(C(=O)N3Cc4cnc(C(C)(C)C)nc4C3)nc12. The first-order chi connectivity index (χ1) is 11.8. The zero-order valence-corrected chi connectivity index (χ0v) is 14.9. The van der Waals surface area contributed by atoms with Crippen LogP contribution in [0.1, 0.15) is 53.9 Å². The van der Waals surface area contributed by atoms with Gasteiger partial charge in [-0.05, 0) is 18.6 Å². The predicted octanol–water partition coefficient (Wildman–Crippen LogP) is 2.89. The van der Waals surface area contributed by atoms with E-state index in [2.05, 4.69) is 35.7 Å². The van der Waals surface area contributed by atoms with Gasteiger partial charge in [0.2, 0.25) is 0 Å². The number of imidazole rings is 1. The maximum absolute atomic E-state index is 12.9. The molecule has 0 aliphatic carbocycles. The standard InChI is InChI=1S/C19H21N5O/c1-12-6-5-7-23-11-15(21-16(12)23)17(25)24-9-13-8-20-18(19(2,3)4)22-14(13)10-24/h5-8,11H,9-10H2,1-4H3. The second kappa shape index (κ2) is 5.37. The number of carbonyl (C=O) groups is 1. The van der Waals surface area contributed by atoms with Crippen molar-refractivity contribution in [1.82, 2.24) is 24.3 Å². The number of fused-ring (bicyclic) bond motifs is 2. The minimum Gasteiger partial charge on any atom is -0.327 e. The molecule has 0 bridgehead atoms. The van der Waals surface area contributed by atoms with Gasteiger partial charge in [-0.3, -0.25) is 4.79 Å². The fourth-order valence-electron chi connectivity index (χ4n) is 3.08. The van der Waals surface area contributed by atoms with Crippen LogP contribution in [0.15, 0.2) is 30.7 Å². The van der Waals surface area contributed by atoms with E-state index < -0.39 is 0 Å². The van der Waals surface area contributed by atoms with Gasteiger partial charge in [-0.15, -0.1) is 0 Å². The topological polar surface area (TPSA) is 63.4 Å². The van der Waals surface area contributed by atoms with Gasteiger partial charge < -0.3 is 9.30 Å². The highest BCUT2D eigenvalue weighted by Gasteiger charge is 2.29. The Kier molecular flexibility index (Phi) is 3.39. The number of carbonyl (C=O) groups excluding carboxylic acids is 1. The molecule has 1 aliphatic heterocycles. The van der Waals surface area contributed by atoms with Gasteiger partial charge in [0.05, 0.1) is 12.2 Å². The Bertz CT molecular complexity index is 983. The highest BCUT2D eigenvalue weighted by atomic mass is 16.2. The third-order valence-electron chi connectivity index (χ3n) is 4.51. The molecule has 128 valence electrons. The number of amides is 1. The van der Waals surface area contributed by atoms with Crippen molar-refractivity contribution >= 4 is 11.6 Å². The highest BCUT2D eigenvalue weighted by Crippen LogP contribution is 2.25. The summed E-state index contributed by atoms with van der Waals surface area (Å²) in [6, 6.07) is 3.94. The minimum atomic E-state index is -0.106. The summed E-state index contributed by atoms with van der Waals surface area (Å²) in [5.41, 5.74) is 4.18. The van der Waals surface area contributed by atoms with Gasteiger partial charge in [-0.2, -0.15) is 0 Å². The van der Waals surface area contributed by atoms with Crippen molar-refractivity contribution in [3.63, 3.8) is 0 Å². The molecular formula is C19H21N5O. The van der Waals surface area contributed by atoms with Crippen LogP contribution in [0.3, 0.4) is 0 Å². The molecule has 1 amide bonds. The minimum absolute atomic E-state index is 0.0709. The molecule has 0 radical (unpaired) electrons. The van der Waals surface area contributed by atoms with E-state index in [4.69, 9.17) is 0 Å². The predicted molar refractivity (Wildman–Crippen MR) is 94.2 cm³/mol. The van der Waals surface area contributed by atoms with Gasteiger partial charge in [-0.25, -0.2) is 15.0 Å². The molecule has 0 unspecified atom stereocenters. The number of hydrogen-bond donors (Lipinski definition) is 0. The number of hydrogen-bond acceptors (Lipinski definition) is 4. The summed E-state index contributed by atoms with van der Waals surface area (Å²) >= 11 is 0. The fourth-order valence-corrected chi connectivity index (χ4v) is 3.08. The van der Waals surface area contributed by atoms with Crippen molar-refractivity contribution in [3.8, 4) is 0 Å². The van der Waals surface area contributed by atoms with Crippen LogP contribution in [0, 0.1) is 6.92 Å². The van der Waals surface area contributed by atoms with Crippen molar-refractivity contribution in [2.75, 3.05) is 0 Å². The van der Waals surface area contributed by atoms with Crippen molar-refractivity contribution in [2.45, 2.75) is 46.2 Å². The van der Waals surface area contributed by atoms with E-state index in [9.17, 15) is 4.79 Å². The van der Waals surface area contributed by atoms with Crippen molar-refractivity contribution in [3.05, 3.63) is 59.1 Å². The lowest BCUT2D eigenvalue weighted by atomic mass is 9.95. The van der Waals surface area contributed by atoms with E-state index in [0.29, 0.717) is 18.8 Å². The molecule has 3 aromatic heterocycles. The summed E-state index contributed by atoms with van der Waals surface area (Å²) in [5.74, 6) is 0.738. The first kappa shape index (κ1) is 15.7. The average Bonchev–Trinajstić information content (AvgIpc) is 3.17. The lowest BCUT2D eigenvalue weighted by Crippen LogP contribution is -2.25. The summed E-state index contributed by atoms with van der Waals surface area (Å²) < 4.78 is 1.89. The Balaban J connectivity index is 1.62. The molecule has 6 heteroatoms. The quantitative estimate of drug-likeness (QED) is 0.686. The smallest absolute Gasteiger partial charge is 0.274 e. The molecular weight excluding hydrogens is 314 g/mol. The molecule has 0 fully saturated rings. The Morgan fingerprint density at radius 2 is 2.00 bits per heavy atom. The summed E-state index contributed by atoms with van der Waals surface area (Å²) in [6.07, 6.45) is 5.55. The summed E-state index contributed by atoms with van der Waals surface area (Å²) in [4.78, 5) is 28.3. The van der Waals surface area contributed by atoms with Crippen LogP contribution in [0.2, 0.25) is 0 Å². The molecule has 0 aromatic carbocycles. The van der Waals surface area contributed by atoms with E-state index in [0.717, 1.165) is 28.3 Å². The van der Waals surface area contributed by atoms with Crippen LogP contribution in [0.4, 0.5) is 0 Å². The second-order valence-electron chi connectivity index (χ2n) is 7.62. The molecule has 0 saturated heterocycles. The molecule has 4 heterocycles. The molecule has 1 aliphatic rings. The molecule has 3 aromatic rings. The van der Waals surface area contributed by atoms with Crippen LogP contribution in [0.5, 0.6) is 0 Å². The van der Waals surface area contributed by atoms with Gasteiger partial charge in [0.15, 0.2) is 0 Å². The second-order valence-corrected chi connectivity index (χ2v) is 7.62. The normalized spacial score (nSPS) is 14.2. The number of aromatic nitrogens is 4. The summed E-state index contributed by atoms with van der Waals surface area (Å²) in [5, 5.41) is 0. The van der Waals surface area contributed by atoms with Gasteiger partial charge in [0, 0.05) is 36.1 Å². The Morgan fingerprint density at radius 3 is 2.72 bits per heavy atom. The Labute approximate surface area is 146 Å². The van der Waals surface area contributed by atoms with Gasteiger partial charge in [-0.1, -0.05) is 26.8 Å². The zero-order valence-electron chi connectivity index (χ0n) is 14.9. The first-order valence-electron chi connectivity index (χ1n) is 8.42. The van der Waals surface area contributed by atoms with Crippen molar-refractivity contribution in [1.29, 1.82) is 0 Å². The van der Waals surface area contributed by atoms with Crippen LogP contribution in [-0.2, 0) is 18.5 Å². The van der Waals surface area contributed by atoms with Crippen LogP contribution in [-0.4, -0.2) is 30.2 Å². The third kappa shape index (κ3) is 2.67. The van der Waals surface area contributed by atoms with Gasteiger partial charge >= 0.3 is 0 Å². The number of nitrogens with zero attached hydrogens (tertiary/aromatic N) is 5. The Hall–Kier alpha value is -2.76. The third-order valence-corrected chi connectivity index (χ3v) is 4.51. The highest BCUT2D eigenvalue weighted by molar-refractivity contribution is 5.93. The van der Waals surface area contributed by atoms with E-state index in [1.165, 1.54) is 0 Å². The van der Waals surface area contributed by atoms with Crippen LogP contribution >= 0.6 is 0 Å². The molecule has 25 heavy (non-hydrogen) atoms. The molecule has 0 spiro atoms. The maximum atomic E-state index is 12.9. The lowest BCUT2D eigenvalue weighted by molar-refractivity contribution is 0.0745. The molecule has 0 atom stereocenters. The molecule has 4 rings (SSSR count). The van der Waals surface area contributed by atoms with E-state index in [1.54, 1.807) is 11.1 Å². The largest absolute Gasteiger partial charge is 0.327 e. The number of aryl methyl sites for hydroxylation is 1. The molecule has 0 N–H and O–H groups in total. The first-order valence-corrected chi connectivity index (χ1v) is 8.42. The Morgan fingerprint density at radius 1 is 1.20 bits per heavy atom. The van der Waals surface area contributed by atoms with E-state index in [-0.39, 0.29) is 11.3 Å². The van der Waals surface area contributed by atoms with Gasteiger partial charge in [0.25, 0.3) is 5.91 Å². The lowest BCUT2D eigenvalue weighted by Gasteiger charge is -2.16.